The van der Waals surface area contributed by atoms with Crippen LogP contribution in [0.25, 0.3) is 0 Å². The molecule has 16 heteroatoms. The van der Waals surface area contributed by atoms with Gasteiger partial charge >= 0.3 is 11.9 Å². The van der Waals surface area contributed by atoms with Crippen molar-refractivity contribution in [3.8, 4) is 17.2 Å². The molecule has 0 amide bonds. The van der Waals surface area contributed by atoms with Crippen LogP contribution in [0, 0.1) is 11.8 Å². The van der Waals surface area contributed by atoms with Gasteiger partial charge in [-0.2, -0.15) is 0 Å². The van der Waals surface area contributed by atoms with Crippen molar-refractivity contribution in [2.24, 2.45) is 11.8 Å². The number of thioether (sulfide) groups is 4. The molecule has 2 heterocycles. The fraction of sp³-hybridized carbons (Fsp3) is 0.400. The van der Waals surface area contributed by atoms with Gasteiger partial charge in [-0.15, -0.1) is 4.33 Å². The molecule has 5 rings (SSSR count). The minimum atomic E-state index is -4.43. The van der Waals surface area contributed by atoms with Gasteiger partial charge in [0.15, 0.2) is 10.7 Å². The predicted octanol–water partition coefficient (Wildman–Crippen LogP) is 11.9. The summed E-state index contributed by atoms with van der Waals surface area (Å²) in [5.74, 6) is -1.05. The molecule has 0 radical (unpaired) electrons. The smallest absolute Gasteiger partial charge is 0.349 e. The van der Waals surface area contributed by atoms with Crippen LogP contribution in [-0.2, 0) is 23.8 Å². The lowest BCUT2D eigenvalue weighted by molar-refractivity contribution is -0.133. The second kappa shape index (κ2) is 21.2. The van der Waals surface area contributed by atoms with Gasteiger partial charge in [-0.25, -0.2) is 18.0 Å². The average Bonchev–Trinajstić information content (AvgIpc) is 3.82. The van der Waals surface area contributed by atoms with Crippen LogP contribution in [0.15, 0.2) is 103 Å². The van der Waals surface area contributed by atoms with Gasteiger partial charge < -0.3 is 24.6 Å². The van der Waals surface area contributed by atoms with E-state index in [-0.39, 0.29) is 25.9 Å². The number of carboxylic acids is 2. The molecule has 3 aromatic rings. The van der Waals surface area contributed by atoms with Gasteiger partial charge in [-0.3, -0.25) is 0 Å². The number of carboxylic acid groups (broad SMARTS) is 2. The Morgan fingerprint density at radius 3 is 1.57 bits per heavy atom. The van der Waals surface area contributed by atoms with Crippen molar-refractivity contribution in [2.45, 2.75) is 104 Å². The molecule has 0 saturated heterocycles. The zero-order chi connectivity index (χ0) is 40.2. The molecule has 3 aromatic carbocycles. The summed E-state index contributed by atoms with van der Waals surface area (Å²) in [5.41, 5.74) is 0. The molecule has 0 fully saturated rings. The van der Waals surface area contributed by atoms with Crippen molar-refractivity contribution < 1.29 is 46.9 Å². The Morgan fingerprint density at radius 1 is 0.679 bits per heavy atom. The van der Waals surface area contributed by atoms with E-state index in [1.165, 1.54) is 35.7 Å². The van der Waals surface area contributed by atoms with Gasteiger partial charge in [-0.05, 0) is 48.9 Å². The molecule has 0 bridgehead atoms. The summed E-state index contributed by atoms with van der Waals surface area (Å²) in [6.07, 6.45) is 7.77. The SMILES string of the molecule is CCCCC(CC)COc1c2c(c(OCC(CC)CCCC)c3c1SC(=C(C(=O)O)S(=O)(=O)c1ccccc1)S3)SC(=C(SOOc1ccccc1)C(=O)O)S2. The number of hydrogen-bond acceptors (Lipinski definition) is 13. The number of sulfone groups is 1. The largest absolute Gasteiger partial charge is 0.491 e. The highest BCUT2D eigenvalue weighted by Crippen LogP contribution is 2.69. The maximum atomic E-state index is 13.9. The van der Waals surface area contributed by atoms with Gasteiger partial charge in [0.25, 0.3) is 0 Å². The Morgan fingerprint density at radius 2 is 1.14 bits per heavy atom. The third kappa shape index (κ3) is 10.8. The quantitative estimate of drug-likeness (QED) is 0.0427. The molecular weight excluding hydrogens is 833 g/mol. The topological polar surface area (TPSA) is 146 Å². The first kappa shape index (κ1) is 44.2. The van der Waals surface area contributed by atoms with Gasteiger partial charge in [-0.1, -0.05) is 150 Å². The lowest BCUT2D eigenvalue weighted by Crippen LogP contribution is -2.14. The Kier molecular flexibility index (Phi) is 16.8. The normalized spacial score (nSPS) is 14.5. The molecule has 2 aliphatic heterocycles. The van der Waals surface area contributed by atoms with Crippen molar-refractivity contribution in [2.75, 3.05) is 13.2 Å². The minimum Gasteiger partial charge on any atom is -0.491 e. The average molecular weight is 879 g/mol. The summed E-state index contributed by atoms with van der Waals surface area (Å²) in [6, 6.07) is 16.3. The maximum absolute atomic E-state index is 13.9. The summed E-state index contributed by atoms with van der Waals surface area (Å²) in [7, 11) is -4.43. The van der Waals surface area contributed by atoms with Crippen LogP contribution in [0.2, 0.25) is 0 Å². The second-order valence-corrected chi connectivity index (χ2v) is 20.2. The number of aliphatic carboxylic acids is 2. The van der Waals surface area contributed by atoms with Crippen LogP contribution in [0.4, 0.5) is 0 Å². The summed E-state index contributed by atoms with van der Waals surface area (Å²) in [4.78, 5) is 32.3. The summed E-state index contributed by atoms with van der Waals surface area (Å²) >= 11 is 5.06. The van der Waals surface area contributed by atoms with Crippen LogP contribution in [-0.4, -0.2) is 43.8 Å². The standard InChI is InChI=1S/C40H46O10S6/c1-5-9-17-25(7-3)23-47-29-31-32(52-39(51-31)35(37(41)42)55-50-49-27-19-13-11-14-20-27)30(48-24-26(8-4)18-10-6-2)34-33(29)53-40(54-34)36(38(43)44)56(45,46)28-21-15-12-16-22-28/h11-16,19-22,25-26H,5-10,17-18,23-24H2,1-4H3,(H,41,42)(H,43,44). The molecule has 0 saturated carbocycles. The minimum absolute atomic E-state index is 0.0739. The molecule has 0 aromatic heterocycles. The molecule has 56 heavy (non-hydrogen) atoms. The third-order valence-corrected chi connectivity index (χ3v) is 17.3. The maximum Gasteiger partial charge on any atom is 0.349 e. The second-order valence-electron chi connectivity index (χ2n) is 13.0. The van der Waals surface area contributed by atoms with E-state index in [9.17, 15) is 28.2 Å². The van der Waals surface area contributed by atoms with E-state index in [1.54, 1.807) is 42.5 Å². The zero-order valence-corrected chi connectivity index (χ0v) is 36.5. The number of rotatable bonds is 22. The molecule has 0 spiro atoms. The van der Waals surface area contributed by atoms with Crippen molar-refractivity contribution in [1.29, 1.82) is 0 Å². The first-order chi connectivity index (χ1) is 27.0. The molecule has 2 unspecified atom stereocenters. The molecule has 0 aliphatic carbocycles. The summed E-state index contributed by atoms with van der Waals surface area (Å²) < 4.78 is 47.1. The van der Waals surface area contributed by atoms with E-state index in [2.05, 4.69) is 27.7 Å². The first-order valence-corrected chi connectivity index (χ1v) is 24.0. The number of ether oxygens (including phenoxy) is 2. The van der Waals surface area contributed by atoms with E-state index in [4.69, 9.17) is 18.7 Å². The van der Waals surface area contributed by atoms with Crippen LogP contribution in [0.1, 0.15) is 79.1 Å². The summed E-state index contributed by atoms with van der Waals surface area (Å²) in [5, 5.41) is 20.9. The number of unbranched alkanes of at least 4 members (excludes halogenated alkanes) is 2. The fourth-order valence-corrected chi connectivity index (χ4v) is 13.9. The highest BCUT2D eigenvalue weighted by Gasteiger charge is 2.42. The van der Waals surface area contributed by atoms with Crippen molar-refractivity contribution in [3.05, 3.63) is 78.9 Å². The third-order valence-electron chi connectivity index (χ3n) is 9.10. The number of fused-ring (bicyclic) bond motifs is 2. The number of para-hydroxylation sites is 1. The van der Waals surface area contributed by atoms with Gasteiger partial charge in [0.1, 0.15) is 16.4 Å². The van der Waals surface area contributed by atoms with Gasteiger partial charge in [0, 0.05) is 0 Å². The van der Waals surface area contributed by atoms with Crippen LogP contribution in [0.3, 0.4) is 0 Å². The van der Waals surface area contributed by atoms with E-state index in [1.807, 2.05) is 6.07 Å². The lowest BCUT2D eigenvalue weighted by Gasteiger charge is -2.22. The summed E-state index contributed by atoms with van der Waals surface area (Å²) in [6.45, 7) is 9.21. The van der Waals surface area contributed by atoms with Crippen LogP contribution in [0.5, 0.6) is 17.2 Å². The van der Waals surface area contributed by atoms with Crippen LogP contribution < -0.4 is 14.4 Å². The molecule has 2 N–H and O–H groups in total. The molecule has 2 atom stereocenters. The Balaban J connectivity index is 1.65. The van der Waals surface area contributed by atoms with Crippen molar-refractivity contribution in [3.63, 3.8) is 0 Å². The van der Waals surface area contributed by atoms with Crippen molar-refractivity contribution >= 4 is 80.9 Å². The van der Waals surface area contributed by atoms with E-state index in [0.29, 0.717) is 66.3 Å². The molecule has 302 valence electrons. The van der Waals surface area contributed by atoms with Gasteiger partial charge in [0.05, 0.1) is 58.2 Å². The molecule has 10 nitrogen and oxygen atoms in total. The van der Waals surface area contributed by atoms with E-state index in [0.717, 1.165) is 74.9 Å². The monoisotopic (exact) mass is 878 g/mol. The Labute approximate surface area is 350 Å². The zero-order valence-electron chi connectivity index (χ0n) is 31.6. The number of hydrogen-bond donors (Lipinski definition) is 2. The number of carbonyl (C=O) groups is 2. The van der Waals surface area contributed by atoms with Gasteiger partial charge in [0.2, 0.25) is 9.84 Å². The fourth-order valence-electron chi connectivity index (χ4n) is 5.80. The van der Waals surface area contributed by atoms with E-state index >= 15 is 0 Å². The Hall–Kier alpha value is -2.86. The van der Waals surface area contributed by atoms with Crippen molar-refractivity contribution in [1.82, 2.24) is 0 Å². The number of benzene rings is 3. The highest BCUT2D eigenvalue weighted by molar-refractivity contribution is 8.26. The molecule has 2 aliphatic rings. The van der Waals surface area contributed by atoms with E-state index < -0.39 is 26.7 Å². The molecular formula is C40H46O10S6. The predicted molar refractivity (Wildman–Crippen MR) is 226 cm³/mol. The van der Waals surface area contributed by atoms with Crippen LogP contribution >= 0.6 is 59.1 Å². The lowest BCUT2D eigenvalue weighted by atomic mass is 10.0. The Bertz CT molecular complexity index is 1960. The first-order valence-electron chi connectivity index (χ1n) is 18.6. The highest BCUT2D eigenvalue weighted by atomic mass is 32.2.